The van der Waals surface area contributed by atoms with Crippen molar-refractivity contribution >= 4 is 21.7 Å². The van der Waals surface area contributed by atoms with Crippen molar-refractivity contribution in [2.75, 3.05) is 26.2 Å². The summed E-state index contributed by atoms with van der Waals surface area (Å²) in [6.45, 7) is 3.15. The number of rotatable bonds is 6. The number of carbonyl (C=O) groups is 2. The lowest BCUT2D eigenvalue weighted by Crippen LogP contribution is -2.50. The van der Waals surface area contributed by atoms with Crippen molar-refractivity contribution < 1.29 is 18.0 Å². The number of ketones is 1. The van der Waals surface area contributed by atoms with Gasteiger partial charge >= 0.3 is 0 Å². The number of nitrogens with zero attached hydrogens (tertiary/aromatic N) is 2. The minimum Gasteiger partial charge on any atom is -0.340 e. The molecule has 1 aliphatic rings. The topological polar surface area (TPSA) is 74.8 Å². The van der Waals surface area contributed by atoms with E-state index in [1.807, 2.05) is 19.1 Å². The number of benzene rings is 2. The summed E-state index contributed by atoms with van der Waals surface area (Å²) >= 11 is 0. The van der Waals surface area contributed by atoms with Crippen LogP contribution in [0.15, 0.2) is 59.5 Å². The second-order valence-electron chi connectivity index (χ2n) is 6.89. The lowest BCUT2D eigenvalue weighted by molar-refractivity contribution is -0.132. The van der Waals surface area contributed by atoms with Crippen LogP contribution in [0.5, 0.6) is 0 Å². The SMILES string of the molecule is Cc1ccc(C(=O)CCC(=O)N2CCN(S(=O)(=O)c3ccccc3)CC2)cc1. The first-order valence-corrected chi connectivity index (χ1v) is 10.7. The van der Waals surface area contributed by atoms with Gasteiger partial charge in [0.2, 0.25) is 15.9 Å². The van der Waals surface area contributed by atoms with Gasteiger partial charge in [-0.05, 0) is 19.1 Å². The van der Waals surface area contributed by atoms with E-state index in [0.717, 1.165) is 5.56 Å². The number of carbonyl (C=O) groups excluding carboxylic acids is 2. The number of hydrogen-bond acceptors (Lipinski definition) is 4. The monoisotopic (exact) mass is 400 g/mol. The number of Topliss-reactive ketones (excluding diaryl/α,β-unsaturated/α-hetero) is 1. The summed E-state index contributed by atoms with van der Waals surface area (Å²) in [4.78, 5) is 26.5. The molecule has 1 fully saturated rings. The highest BCUT2D eigenvalue weighted by Crippen LogP contribution is 2.18. The average Bonchev–Trinajstić information content (AvgIpc) is 2.73. The predicted octanol–water partition coefficient (Wildman–Crippen LogP) is 2.49. The molecule has 0 radical (unpaired) electrons. The Hall–Kier alpha value is -2.51. The molecular weight excluding hydrogens is 376 g/mol. The highest BCUT2D eigenvalue weighted by atomic mass is 32.2. The fraction of sp³-hybridized carbons (Fsp3) is 0.333. The van der Waals surface area contributed by atoms with Gasteiger partial charge in [0.25, 0.3) is 0 Å². The van der Waals surface area contributed by atoms with Crippen LogP contribution in [-0.2, 0) is 14.8 Å². The van der Waals surface area contributed by atoms with Gasteiger partial charge in [0.05, 0.1) is 4.90 Å². The van der Waals surface area contributed by atoms with Crippen LogP contribution in [0.3, 0.4) is 0 Å². The van der Waals surface area contributed by atoms with Gasteiger partial charge in [-0.2, -0.15) is 4.31 Å². The zero-order valence-electron chi connectivity index (χ0n) is 15.9. The van der Waals surface area contributed by atoms with Crippen molar-refractivity contribution in [3.8, 4) is 0 Å². The molecule has 0 atom stereocenters. The van der Waals surface area contributed by atoms with E-state index < -0.39 is 10.0 Å². The summed E-state index contributed by atoms with van der Waals surface area (Å²) in [5, 5.41) is 0. The van der Waals surface area contributed by atoms with Crippen LogP contribution in [-0.4, -0.2) is 55.5 Å². The van der Waals surface area contributed by atoms with E-state index in [1.165, 1.54) is 4.31 Å². The second kappa shape index (κ2) is 8.67. The summed E-state index contributed by atoms with van der Waals surface area (Å²) < 4.78 is 26.7. The summed E-state index contributed by atoms with van der Waals surface area (Å²) in [5.74, 6) is -0.170. The molecule has 1 heterocycles. The molecule has 6 nitrogen and oxygen atoms in total. The third-order valence-electron chi connectivity index (χ3n) is 4.91. The molecule has 0 aliphatic carbocycles. The van der Waals surface area contributed by atoms with Gasteiger partial charge in [-0.1, -0.05) is 48.0 Å². The molecule has 2 aromatic rings. The zero-order chi connectivity index (χ0) is 20.1. The van der Waals surface area contributed by atoms with E-state index in [-0.39, 0.29) is 42.5 Å². The molecule has 3 rings (SSSR count). The third kappa shape index (κ3) is 4.66. The number of hydrogen-bond donors (Lipinski definition) is 0. The Morgan fingerprint density at radius 3 is 2.07 bits per heavy atom. The zero-order valence-corrected chi connectivity index (χ0v) is 16.7. The van der Waals surface area contributed by atoms with E-state index in [4.69, 9.17) is 0 Å². The van der Waals surface area contributed by atoms with E-state index in [1.54, 1.807) is 47.4 Å². The quantitative estimate of drug-likeness (QED) is 0.698. The minimum absolute atomic E-state index is 0.0568. The van der Waals surface area contributed by atoms with Crippen LogP contribution >= 0.6 is 0 Å². The molecule has 0 unspecified atom stereocenters. The molecule has 7 heteroatoms. The normalized spacial score (nSPS) is 15.4. The van der Waals surface area contributed by atoms with E-state index in [0.29, 0.717) is 18.7 Å². The van der Waals surface area contributed by atoms with Crippen molar-refractivity contribution in [2.24, 2.45) is 0 Å². The maximum atomic E-state index is 12.6. The Morgan fingerprint density at radius 1 is 0.857 bits per heavy atom. The van der Waals surface area contributed by atoms with Crippen molar-refractivity contribution in [1.82, 2.24) is 9.21 Å². The van der Waals surface area contributed by atoms with Gasteiger partial charge in [0.15, 0.2) is 5.78 Å². The van der Waals surface area contributed by atoms with E-state index in [2.05, 4.69) is 0 Å². The van der Waals surface area contributed by atoms with Gasteiger partial charge in [0, 0.05) is 44.6 Å². The predicted molar refractivity (Wildman–Crippen MR) is 107 cm³/mol. The highest BCUT2D eigenvalue weighted by molar-refractivity contribution is 7.89. The lowest BCUT2D eigenvalue weighted by atomic mass is 10.0. The Labute approximate surface area is 165 Å². The average molecular weight is 401 g/mol. The number of sulfonamides is 1. The fourth-order valence-electron chi connectivity index (χ4n) is 3.18. The molecule has 1 amide bonds. The third-order valence-corrected chi connectivity index (χ3v) is 6.82. The largest absolute Gasteiger partial charge is 0.340 e. The van der Waals surface area contributed by atoms with Crippen LogP contribution < -0.4 is 0 Å². The number of aryl methyl sites for hydroxylation is 1. The summed E-state index contributed by atoms with van der Waals surface area (Å²) in [6.07, 6.45) is 0.294. The molecule has 1 aliphatic heterocycles. The Kier molecular flexibility index (Phi) is 6.26. The molecule has 0 saturated carbocycles. The smallest absolute Gasteiger partial charge is 0.243 e. The number of amides is 1. The fourth-order valence-corrected chi connectivity index (χ4v) is 4.62. The standard InChI is InChI=1S/C21H24N2O4S/c1-17-7-9-18(10-8-17)20(24)11-12-21(25)22-13-15-23(16-14-22)28(26,27)19-5-3-2-4-6-19/h2-10H,11-16H2,1H3. The molecule has 1 saturated heterocycles. The van der Waals surface area contributed by atoms with Gasteiger partial charge in [0.1, 0.15) is 0 Å². The van der Waals surface area contributed by atoms with Crippen LogP contribution in [0.25, 0.3) is 0 Å². The van der Waals surface area contributed by atoms with Crippen LogP contribution in [0.1, 0.15) is 28.8 Å². The summed E-state index contributed by atoms with van der Waals surface area (Å²) in [7, 11) is -3.54. The van der Waals surface area contributed by atoms with Crippen molar-refractivity contribution in [2.45, 2.75) is 24.7 Å². The summed E-state index contributed by atoms with van der Waals surface area (Å²) in [6, 6.07) is 15.6. The molecule has 0 bridgehead atoms. The van der Waals surface area contributed by atoms with Gasteiger partial charge < -0.3 is 4.90 Å². The minimum atomic E-state index is -3.54. The first kappa shape index (κ1) is 20.2. The Balaban J connectivity index is 1.51. The van der Waals surface area contributed by atoms with Crippen molar-refractivity contribution in [1.29, 1.82) is 0 Å². The molecule has 0 spiro atoms. The van der Waals surface area contributed by atoms with Crippen molar-refractivity contribution in [3.63, 3.8) is 0 Å². The van der Waals surface area contributed by atoms with Gasteiger partial charge in [-0.25, -0.2) is 8.42 Å². The van der Waals surface area contributed by atoms with Crippen molar-refractivity contribution in [3.05, 3.63) is 65.7 Å². The van der Waals surface area contributed by atoms with Crippen LogP contribution in [0.2, 0.25) is 0 Å². The first-order chi connectivity index (χ1) is 13.4. The molecule has 0 aromatic heterocycles. The second-order valence-corrected chi connectivity index (χ2v) is 8.83. The molecule has 28 heavy (non-hydrogen) atoms. The molecular formula is C21H24N2O4S. The van der Waals surface area contributed by atoms with Crippen LogP contribution in [0.4, 0.5) is 0 Å². The van der Waals surface area contributed by atoms with E-state index >= 15 is 0 Å². The summed E-state index contributed by atoms with van der Waals surface area (Å²) in [5.41, 5.74) is 1.69. The lowest BCUT2D eigenvalue weighted by Gasteiger charge is -2.34. The highest BCUT2D eigenvalue weighted by Gasteiger charge is 2.29. The Bertz CT molecular complexity index is 932. The molecule has 0 N–H and O–H groups in total. The molecule has 148 valence electrons. The van der Waals surface area contributed by atoms with Crippen LogP contribution in [0, 0.1) is 6.92 Å². The number of piperazine rings is 1. The van der Waals surface area contributed by atoms with Gasteiger partial charge in [-0.3, -0.25) is 9.59 Å². The van der Waals surface area contributed by atoms with E-state index in [9.17, 15) is 18.0 Å². The molecule has 2 aromatic carbocycles. The first-order valence-electron chi connectivity index (χ1n) is 9.31. The van der Waals surface area contributed by atoms with Gasteiger partial charge in [-0.15, -0.1) is 0 Å². The maximum absolute atomic E-state index is 12.6. The maximum Gasteiger partial charge on any atom is 0.243 e. The Morgan fingerprint density at radius 2 is 1.46 bits per heavy atom.